The van der Waals surface area contributed by atoms with Gasteiger partial charge in [0.25, 0.3) is 5.91 Å². The standard InChI is InChI=1S/C28H26N2O4/c1-3-29-24-16-21(12-13-26(24)34-18-27(29)31)28(32)19(2)30-15-14-22-23(30)10-7-11-25(22)33-17-20-8-5-4-6-9-20/h4-16,19H,3,17-18H2,1-2H3. The van der Waals surface area contributed by atoms with Gasteiger partial charge < -0.3 is 18.9 Å². The van der Waals surface area contributed by atoms with Gasteiger partial charge in [0.2, 0.25) is 0 Å². The van der Waals surface area contributed by atoms with E-state index in [9.17, 15) is 9.59 Å². The van der Waals surface area contributed by atoms with Crippen LogP contribution in [-0.4, -0.2) is 29.4 Å². The van der Waals surface area contributed by atoms with Crippen molar-refractivity contribution < 1.29 is 19.1 Å². The molecule has 1 amide bonds. The van der Waals surface area contributed by atoms with E-state index in [1.807, 2.05) is 79.2 Å². The molecule has 0 radical (unpaired) electrons. The number of fused-ring (bicyclic) bond motifs is 2. The maximum absolute atomic E-state index is 13.4. The molecular formula is C28H26N2O4. The van der Waals surface area contributed by atoms with E-state index >= 15 is 0 Å². The molecule has 0 saturated carbocycles. The highest BCUT2D eigenvalue weighted by Crippen LogP contribution is 2.35. The fourth-order valence-corrected chi connectivity index (χ4v) is 4.43. The third kappa shape index (κ3) is 3.92. The molecule has 172 valence electrons. The van der Waals surface area contributed by atoms with Gasteiger partial charge in [0.1, 0.15) is 18.1 Å². The van der Waals surface area contributed by atoms with Crippen molar-refractivity contribution in [3.63, 3.8) is 0 Å². The van der Waals surface area contributed by atoms with Crippen LogP contribution in [0.25, 0.3) is 10.9 Å². The lowest BCUT2D eigenvalue weighted by Crippen LogP contribution is -2.38. The lowest BCUT2D eigenvalue weighted by molar-refractivity contribution is -0.121. The SMILES string of the molecule is CCN1C(=O)COc2ccc(C(=O)C(C)n3ccc4c(OCc5ccccc5)cccc43)cc21. The molecule has 6 heteroatoms. The van der Waals surface area contributed by atoms with Crippen molar-refractivity contribution in [3.8, 4) is 11.5 Å². The minimum Gasteiger partial charge on any atom is -0.488 e. The van der Waals surface area contributed by atoms with Crippen molar-refractivity contribution >= 4 is 28.3 Å². The van der Waals surface area contributed by atoms with Crippen LogP contribution >= 0.6 is 0 Å². The van der Waals surface area contributed by atoms with Crippen LogP contribution in [0.15, 0.2) is 79.0 Å². The first-order chi connectivity index (χ1) is 16.6. The number of rotatable bonds is 7. The monoisotopic (exact) mass is 454 g/mol. The number of Topliss-reactive ketones (excluding diaryl/α,β-unsaturated/α-hetero) is 1. The van der Waals surface area contributed by atoms with Crippen LogP contribution in [0.3, 0.4) is 0 Å². The van der Waals surface area contributed by atoms with Crippen LogP contribution in [0.5, 0.6) is 11.5 Å². The third-order valence-electron chi connectivity index (χ3n) is 6.26. The van der Waals surface area contributed by atoms with Crippen molar-refractivity contribution in [1.82, 2.24) is 4.57 Å². The van der Waals surface area contributed by atoms with Gasteiger partial charge >= 0.3 is 0 Å². The number of likely N-dealkylation sites (N-methyl/N-ethyl adjacent to an activating group) is 1. The van der Waals surface area contributed by atoms with E-state index in [0.29, 0.717) is 30.2 Å². The van der Waals surface area contributed by atoms with E-state index in [1.54, 1.807) is 23.1 Å². The molecule has 34 heavy (non-hydrogen) atoms. The highest BCUT2D eigenvalue weighted by Gasteiger charge is 2.27. The highest BCUT2D eigenvalue weighted by atomic mass is 16.5. The first-order valence-electron chi connectivity index (χ1n) is 11.4. The molecule has 1 aliphatic rings. The average molecular weight is 455 g/mol. The van der Waals surface area contributed by atoms with Gasteiger partial charge in [-0.25, -0.2) is 0 Å². The summed E-state index contributed by atoms with van der Waals surface area (Å²) >= 11 is 0. The van der Waals surface area contributed by atoms with Gasteiger partial charge in [-0.05, 0) is 55.8 Å². The summed E-state index contributed by atoms with van der Waals surface area (Å²) in [7, 11) is 0. The van der Waals surface area contributed by atoms with Crippen molar-refractivity contribution in [2.75, 3.05) is 18.1 Å². The predicted octanol–water partition coefficient (Wildman–Crippen LogP) is 5.41. The van der Waals surface area contributed by atoms with E-state index in [-0.39, 0.29) is 18.3 Å². The molecule has 0 bridgehead atoms. The zero-order valence-corrected chi connectivity index (χ0v) is 19.2. The zero-order valence-electron chi connectivity index (χ0n) is 19.2. The number of hydrogen-bond acceptors (Lipinski definition) is 4. The van der Waals surface area contributed by atoms with Gasteiger partial charge in [-0.3, -0.25) is 9.59 Å². The Hall–Kier alpha value is -4.06. The number of aromatic nitrogens is 1. The Labute approximate surface area is 198 Å². The number of hydrogen-bond donors (Lipinski definition) is 0. The van der Waals surface area contributed by atoms with Crippen LogP contribution in [0.2, 0.25) is 0 Å². The third-order valence-corrected chi connectivity index (χ3v) is 6.26. The number of ketones is 1. The number of anilines is 1. The molecule has 2 heterocycles. The number of carbonyl (C=O) groups is 2. The summed E-state index contributed by atoms with van der Waals surface area (Å²) < 4.78 is 13.6. The van der Waals surface area contributed by atoms with E-state index < -0.39 is 6.04 Å². The molecule has 5 rings (SSSR count). The lowest BCUT2D eigenvalue weighted by Gasteiger charge is -2.29. The van der Waals surface area contributed by atoms with Gasteiger partial charge in [-0.1, -0.05) is 36.4 Å². The average Bonchev–Trinajstić information content (AvgIpc) is 3.31. The summed E-state index contributed by atoms with van der Waals surface area (Å²) in [4.78, 5) is 27.3. The number of amides is 1. The zero-order chi connectivity index (χ0) is 23.7. The maximum atomic E-state index is 13.4. The summed E-state index contributed by atoms with van der Waals surface area (Å²) in [5, 5.41) is 0.958. The second-order valence-electron chi connectivity index (χ2n) is 8.34. The molecule has 0 aliphatic carbocycles. The molecule has 1 unspecified atom stereocenters. The highest BCUT2D eigenvalue weighted by molar-refractivity contribution is 6.03. The smallest absolute Gasteiger partial charge is 0.265 e. The van der Waals surface area contributed by atoms with Gasteiger partial charge in [0.05, 0.1) is 17.2 Å². The maximum Gasteiger partial charge on any atom is 0.265 e. The summed E-state index contributed by atoms with van der Waals surface area (Å²) in [6.07, 6.45) is 1.92. The topological polar surface area (TPSA) is 60.8 Å². The number of nitrogens with zero attached hydrogens (tertiary/aromatic N) is 2. The Morgan fingerprint density at radius 3 is 2.68 bits per heavy atom. The predicted molar refractivity (Wildman–Crippen MR) is 132 cm³/mol. The molecule has 0 saturated heterocycles. The number of ether oxygens (including phenoxy) is 2. The fourth-order valence-electron chi connectivity index (χ4n) is 4.43. The van der Waals surface area contributed by atoms with E-state index in [2.05, 4.69) is 0 Å². The van der Waals surface area contributed by atoms with Crippen molar-refractivity contribution in [1.29, 1.82) is 0 Å². The van der Waals surface area contributed by atoms with Crippen LogP contribution < -0.4 is 14.4 Å². The number of carbonyl (C=O) groups excluding carboxylic acids is 2. The van der Waals surface area contributed by atoms with Crippen LogP contribution in [0.4, 0.5) is 5.69 Å². The first-order valence-corrected chi connectivity index (χ1v) is 11.4. The summed E-state index contributed by atoms with van der Waals surface area (Å²) in [5.74, 6) is 1.26. The van der Waals surface area contributed by atoms with Crippen molar-refractivity contribution in [2.24, 2.45) is 0 Å². The van der Waals surface area contributed by atoms with E-state index in [1.165, 1.54) is 0 Å². The molecule has 4 aromatic rings. The van der Waals surface area contributed by atoms with Crippen LogP contribution in [0.1, 0.15) is 35.8 Å². The molecule has 1 atom stereocenters. The van der Waals surface area contributed by atoms with E-state index in [4.69, 9.17) is 9.47 Å². The fraction of sp³-hybridized carbons (Fsp3) is 0.214. The quantitative estimate of drug-likeness (QED) is 0.350. The Balaban J connectivity index is 1.42. The molecule has 0 spiro atoms. The molecule has 3 aromatic carbocycles. The first kappa shape index (κ1) is 21.8. The Morgan fingerprint density at radius 1 is 1.06 bits per heavy atom. The Morgan fingerprint density at radius 2 is 1.88 bits per heavy atom. The Kier molecular flexibility index (Phi) is 5.80. The summed E-state index contributed by atoms with van der Waals surface area (Å²) in [6, 6.07) is 22.8. The van der Waals surface area contributed by atoms with Gasteiger partial charge in [0.15, 0.2) is 12.4 Å². The van der Waals surface area contributed by atoms with Gasteiger partial charge in [-0.15, -0.1) is 0 Å². The minimum atomic E-state index is -0.435. The normalized spacial score (nSPS) is 13.9. The van der Waals surface area contributed by atoms with Gasteiger partial charge in [-0.2, -0.15) is 0 Å². The van der Waals surface area contributed by atoms with Crippen LogP contribution in [-0.2, 0) is 11.4 Å². The Bertz CT molecular complexity index is 1360. The second kappa shape index (κ2) is 9.06. The van der Waals surface area contributed by atoms with Crippen LogP contribution in [0, 0.1) is 0 Å². The van der Waals surface area contributed by atoms with Crippen molar-refractivity contribution in [2.45, 2.75) is 26.5 Å². The number of benzene rings is 3. The minimum absolute atomic E-state index is 0.0224. The lowest BCUT2D eigenvalue weighted by atomic mass is 10.0. The summed E-state index contributed by atoms with van der Waals surface area (Å²) in [5.41, 5.74) is 3.21. The van der Waals surface area contributed by atoms with E-state index in [0.717, 1.165) is 22.2 Å². The summed E-state index contributed by atoms with van der Waals surface area (Å²) in [6.45, 7) is 4.82. The molecule has 1 aromatic heterocycles. The molecule has 0 fully saturated rings. The molecular weight excluding hydrogens is 428 g/mol. The largest absolute Gasteiger partial charge is 0.488 e. The molecule has 1 aliphatic heterocycles. The van der Waals surface area contributed by atoms with Gasteiger partial charge in [0, 0.05) is 23.7 Å². The van der Waals surface area contributed by atoms with Crippen molar-refractivity contribution in [3.05, 3.63) is 90.1 Å². The molecule has 0 N–H and O–H groups in total. The molecule has 6 nitrogen and oxygen atoms in total. The second-order valence-corrected chi connectivity index (χ2v) is 8.34.